The van der Waals surface area contributed by atoms with E-state index in [1.165, 1.54) is 12.1 Å². The first kappa shape index (κ1) is 17.0. The number of para-hydroxylation sites is 1. The number of benzene rings is 2. The molecule has 0 aromatic heterocycles. The lowest BCUT2D eigenvalue weighted by atomic mass is 10.2. The third-order valence-corrected chi connectivity index (χ3v) is 3.67. The molecule has 2 rings (SSSR count). The molecule has 2 aromatic rings. The number of halogens is 2. The SMILES string of the molecule is COc1cccc(/C=C/C(=O)Nc2ccccc2SC(F)F)c1. The van der Waals surface area contributed by atoms with Crippen LogP contribution in [0.5, 0.6) is 5.75 Å². The summed E-state index contributed by atoms with van der Waals surface area (Å²) in [4.78, 5) is 12.3. The summed E-state index contributed by atoms with van der Waals surface area (Å²) in [7, 11) is 1.56. The molecule has 0 saturated heterocycles. The molecular weight excluding hydrogens is 320 g/mol. The Balaban J connectivity index is 2.06. The molecule has 0 aliphatic rings. The van der Waals surface area contributed by atoms with E-state index in [9.17, 15) is 13.6 Å². The van der Waals surface area contributed by atoms with Crippen molar-refractivity contribution in [1.82, 2.24) is 0 Å². The van der Waals surface area contributed by atoms with Gasteiger partial charge in [0.1, 0.15) is 5.75 Å². The molecule has 2 aromatic carbocycles. The Kier molecular flexibility index (Phi) is 6.17. The van der Waals surface area contributed by atoms with Gasteiger partial charge in [0.2, 0.25) is 5.91 Å². The van der Waals surface area contributed by atoms with Crippen molar-refractivity contribution in [2.45, 2.75) is 10.7 Å². The molecule has 1 amide bonds. The molecule has 1 N–H and O–H groups in total. The highest BCUT2D eigenvalue weighted by atomic mass is 32.2. The number of ether oxygens (including phenoxy) is 1. The number of carbonyl (C=O) groups excluding carboxylic acids is 1. The van der Waals surface area contributed by atoms with Crippen LogP contribution in [0.2, 0.25) is 0 Å². The van der Waals surface area contributed by atoms with Gasteiger partial charge in [-0.25, -0.2) is 0 Å². The molecule has 0 spiro atoms. The van der Waals surface area contributed by atoms with E-state index in [1.807, 2.05) is 12.1 Å². The average Bonchev–Trinajstić information content (AvgIpc) is 2.54. The van der Waals surface area contributed by atoms with Crippen molar-refractivity contribution in [3.8, 4) is 5.75 Å². The molecule has 0 atom stereocenters. The maximum Gasteiger partial charge on any atom is 0.288 e. The smallest absolute Gasteiger partial charge is 0.288 e. The molecule has 0 aliphatic heterocycles. The number of rotatable bonds is 6. The summed E-state index contributed by atoms with van der Waals surface area (Å²) in [6, 6.07) is 13.7. The summed E-state index contributed by atoms with van der Waals surface area (Å²) in [5.41, 5.74) is 1.16. The van der Waals surface area contributed by atoms with Crippen molar-refractivity contribution in [1.29, 1.82) is 0 Å². The molecule has 0 heterocycles. The zero-order valence-corrected chi connectivity index (χ0v) is 13.1. The molecule has 0 fully saturated rings. The highest BCUT2D eigenvalue weighted by molar-refractivity contribution is 7.99. The van der Waals surface area contributed by atoms with E-state index in [-0.39, 0.29) is 0 Å². The van der Waals surface area contributed by atoms with Crippen LogP contribution in [0.15, 0.2) is 59.5 Å². The first-order chi connectivity index (χ1) is 11.1. The highest BCUT2D eigenvalue weighted by Gasteiger charge is 2.10. The summed E-state index contributed by atoms with van der Waals surface area (Å²) >= 11 is 0.398. The van der Waals surface area contributed by atoms with Crippen LogP contribution in [0.25, 0.3) is 6.08 Å². The Morgan fingerprint density at radius 2 is 2.00 bits per heavy atom. The summed E-state index contributed by atoms with van der Waals surface area (Å²) in [6.07, 6.45) is 2.97. The van der Waals surface area contributed by atoms with Gasteiger partial charge in [-0.3, -0.25) is 4.79 Å². The largest absolute Gasteiger partial charge is 0.497 e. The van der Waals surface area contributed by atoms with Gasteiger partial charge in [0.15, 0.2) is 0 Å². The van der Waals surface area contributed by atoms with Crippen LogP contribution >= 0.6 is 11.8 Å². The van der Waals surface area contributed by atoms with Gasteiger partial charge < -0.3 is 10.1 Å². The van der Waals surface area contributed by atoms with Crippen molar-refractivity contribution in [2.24, 2.45) is 0 Å². The van der Waals surface area contributed by atoms with Gasteiger partial charge in [0.05, 0.1) is 12.8 Å². The Morgan fingerprint density at radius 1 is 1.22 bits per heavy atom. The number of hydrogen-bond donors (Lipinski definition) is 1. The first-order valence-electron chi connectivity index (χ1n) is 6.75. The van der Waals surface area contributed by atoms with Crippen LogP contribution in [-0.2, 0) is 4.79 Å². The van der Waals surface area contributed by atoms with Crippen LogP contribution in [0.3, 0.4) is 0 Å². The van der Waals surface area contributed by atoms with Gasteiger partial charge in [0.25, 0.3) is 5.76 Å². The van der Waals surface area contributed by atoms with E-state index in [2.05, 4.69) is 5.32 Å². The molecule has 0 saturated carbocycles. The number of nitrogens with one attached hydrogen (secondary N) is 1. The van der Waals surface area contributed by atoms with Gasteiger partial charge in [-0.2, -0.15) is 8.78 Å². The number of alkyl halides is 2. The van der Waals surface area contributed by atoms with Gasteiger partial charge in [0, 0.05) is 11.0 Å². The van der Waals surface area contributed by atoms with Gasteiger partial charge in [-0.1, -0.05) is 36.0 Å². The molecule has 0 unspecified atom stereocenters. The maximum absolute atomic E-state index is 12.5. The Hall–Kier alpha value is -2.34. The van der Waals surface area contributed by atoms with Crippen LogP contribution in [0, 0.1) is 0 Å². The van der Waals surface area contributed by atoms with Crippen LogP contribution in [-0.4, -0.2) is 18.8 Å². The third-order valence-electron chi connectivity index (χ3n) is 2.88. The minimum Gasteiger partial charge on any atom is -0.497 e. The number of thioether (sulfide) groups is 1. The molecular formula is C17H15F2NO2S. The summed E-state index contributed by atoms with van der Waals surface area (Å²) < 4.78 is 30.1. The molecule has 3 nitrogen and oxygen atoms in total. The molecule has 0 radical (unpaired) electrons. The molecule has 0 aliphatic carbocycles. The minimum absolute atomic E-state index is 0.325. The lowest BCUT2D eigenvalue weighted by Crippen LogP contribution is -2.08. The van der Waals surface area contributed by atoms with E-state index in [0.717, 1.165) is 5.56 Å². The van der Waals surface area contributed by atoms with Crippen molar-refractivity contribution in [2.75, 3.05) is 12.4 Å². The summed E-state index contributed by atoms with van der Waals surface area (Å²) in [6.45, 7) is 0. The van der Waals surface area contributed by atoms with Gasteiger partial charge in [-0.15, -0.1) is 0 Å². The van der Waals surface area contributed by atoms with E-state index in [1.54, 1.807) is 43.5 Å². The minimum atomic E-state index is -2.54. The van der Waals surface area contributed by atoms with Crippen molar-refractivity contribution in [3.05, 3.63) is 60.2 Å². The Bertz CT molecular complexity index is 704. The van der Waals surface area contributed by atoms with E-state index >= 15 is 0 Å². The van der Waals surface area contributed by atoms with Crippen LogP contribution in [0.4, 0.5) is 14.5 Å². The zero-order chi connectivity index (χ0) is 16.7. The number of amides is 1. The fraction of sp³-hybridized carbons (Fsp3) is 0.118. The van der Waals surface area contributed by atoms with Gasteiger partial charge in [-0.05, 0) is 35.9 Å². The van der Waals surface area contributed by atoms with Crippen molar-refractivity contribution < 1.29 is 18.3 Å². The maximum atomic E-state index is 12.5. The lowest BCUT2D eigenvalue weighted by molar-refractivity contribution is -0.111. The van der Waals surface area contributed by atoms with E-state index in [4.69, 9.17) is 4.74 Å². The second-order valence-corrected chi connectivity index (χ2v) is 5.51. The number of methoxy groups -OCH3 is 1. The summed E-state index contributed by atoms with van der Waals surface area (Å²) in [5.74, 6) is -2.25. The quantitative estimate of drug-likeness (QED) is 0.616. The number of hydrogen-bond acceptors (Lipinski definition) is 3. The molecule has 6 heteroatoms. The lowest BCUT2D eigenvalue weighted by Gasteiger charge is -2.08. The molecule has 0 bridgehead atoms. The number of anilines is 1. The standard InChI is InChI=1S/C17H15F2NO2S/c1-22-13-6-4-5-12(11-13)9-10-16(21)20-14-7-2-3-8-15(14)23-17(18)19/h2-11,17H,1H3,(H,20,21)/b10-9+. The predicted molar refractivity (Wildman–Crippen MR) is 89.0 cm³/mol. The molecule has 120 valence electrons. The van der Waals surface area contributed by atoms with Crippen molar-refractivity contribution >= 4 is 29.4 Å². The fourth-order valence-corrected chi connectivity index (χ4v) is 2.46. The van der Waals surface area contributed by atoms with Crippen molar-refractivity contribution in [3.63, 3.8) is 0 Å². The second-order valence-electron chi connectivity index (χ2n) is 4.47. The summed E-state index contributed by atoms with van der Waals surface area (Å²) in [5, 5.41) is 2.60. The number of carbonyl (C=O) groups is 1. The van der Waals surface area contributed by atoms with E-state index in [0.29, 0.717) is 28.1 Å². The average molecular weight is 335 g/mol. The third kappa shape index (κ3) is 5.41. The normalized spacial score (nSPS) is 11.0. The van der Waals surface area contributed by atoms with Gasteiger partial charge >= 0.3 is 0 Å². The monoisotopic (exact) mass is 335 g/mol. The topological polar surface area (TPSA) is 38.3 Å². The van der Waals surface area contributed by atoms with E-state index < -0.39 is 11.7 Å². The Morgan fingerprint density at radius 3 is 2.74 bits per heavy atom. The predicted octanol–water partition coefficient (Wildman–Crippen LogP) is 4.66. The second kappa shape index (κ2) is 8.33. The highest BCUT2D eigenvalue weighted by Crippen LogP contribution is 2.31. The molecule has 23 heavy (non-hydrogen) atoms. The fourth-order valence-electron chi connectivity index (χ4n) is 1.86. The zero-order valence-electron chi connectivity index (χ0n) is 12.3. The Labute approximate surface area is 137 Å². The first-order valence-corrected chi connectivity index (χ1v) is 7.63. The van der Waals surface area contributed by atoms with Crippen LogP contribution in [0.1, 0.15) is 5.56 Å². The van der Waals surface area contributed by atoms with Crippen LogP contribution < -0.4 is 10.1 Å².